The summed E-state index contributed by atoms with van der Waals surface area (Å²) in [6, 6.07) is 7.78. The van der Waals surface area contributed by atoms with Gasteiger partial charge in [0.25, 0.3) is 0 Å². The van der Waals surface area contributed by atoms with Crippen LogP contribution in [0.25, 0.3) is 0 Å². The number of benzene rings is 2. The Balaban J connectivity index is 2.06. The van der Waals surface area contributed by atoms with E-state index in [1.165, 1.54) is 12.1 Å². The third kappa shape index (κ3) is 5.91. The number of rotatable bonds is 6. The maximum Gasteiger partial charge on any atom is 0.417 e. The highest BCUT2D eigenvalue weighted by Gasteiger charge is 2.33. The van der Waals surface area contributed by atoms with Crippen LogP contribution in [0, 0.1) is 5.82 Å². The fraction of sp³-hybridized carbons (Fsp3) is 0.235. The van der Waals surface area contributed by atoms with Crippen molar-refractivity contribution in [1.82, 2.24) is 4.31 Å². The Kier molecular flexibility index (Phi) is 6.68. The molecule has 0 aliphatic carbocycles. The van der Waals surface area contributed by atoms with Crippen LogP contribution in [0.2, 0.25) is 5.02 Å². The number of carbonyl (C=O) groups excluding carboxylic acids is 1. The second-order valence-electron chi connectivity index (χ2n) is 5.88. The number of hydrogen-bond donors (Lipinski definition) is 1. The molecule has 2 aromatic carbocycles. The number of hydrogen-bond acceptors (Lipinski definition) is 3. The molecule has 0 aliphatic rings. The average molecular weight is 439 g/mol. The van der Waals surface area contributed by atoms with E-state index in [-0.39, 0.29) is 11.3 Å². The summed E-state index contributed by atoms with van der Waals surface area (Å²) >= 11 is 5.50. The lowest BCUT2D eigenvalue weighted by atomic mass is 10.2. The largest absolute Gasteiger partial charge is 0.417 e. The Hall–Kier alpha value is -2.17. The summed E-state index contributed by atoms with van der Waals surface area (Å²) in [7, 11) is -2.81. The SMILES string of the molecule is CN(CC(=O)Nc1ccc(Cl)c(C(F)(F)F)c1)S(=O)(=O)Cc1cccc(F)c1. The van der Waals surface area contributed by atoms with Crippen LogP contribution in [0.4, 0.5) is 23.2 Å². The zero-order valence-electron chi connectivity index (χ0n) is 14.4. The van der Waals surface area contributed by atoms with E-state index >= 15 is 0 Å². The van der Waals surface area contributed by atoms with Crippen LogP contribution < -0.4 is 5.32 Å². The highest BCUT2D eigenvalue weighted by molar-refractivity contribution is 7.88. The number of nitrogens with zero attached hydrogens (tertiary/aromatic N) is 1. The van der Waals surface area contributed by atoms with E-state index in [1.807, 2.05) is 0 Å². The van der Waals surface area contributed by atoms with Crippen LogP contribution in [-0.2, 0) is 26.7 Å². The van der Waals surface area contributed by atoms with Gasteiger partial charge in [-0.3, -0.25) is 4.79 Å². The quantitative estimate of drug-likeness (QED) is 0.696. The molecule has 0 aliphatic heterocycles. The van der Waals surface area contributed by atoms with Gasteiger partial charge in [0, 0.05) is 12.7 Å². The topological polar surface area (TPSA) is 66.5 Å². The highest BCUT2D eigenvalue weighted by atomic mass is 35.5. The molecule has 0 saturated heterocycles. The molecule has 2 aromatic rings. The first-order valence-electron chi connectivity index (χ1n) is 7.73. The number of nitrogens with one attached hydrogen (secondary N) is 1. The van der Waals surface area contributed by atoms with E-state index in [9.17, 15) is 30.8 Å². The molecule has 2 rings (SSSR count). The molecule has 0 spiro atoms. The summed E-state index contributed by atoms with van der Waals surface area (Å²) in [5.74, 6) is -1.98. The molecule has 152 valence electrons. The van der Waals surface area contributed by atoms with E-state index in [4.69, 9.17) is 11.6 Å². The second kappa shape index (κ2) is 8.46. The van der Waals surface area contributed by atoms with Crippen LogP contribution in [0.15, 0.2) is 42.5 Å². The minimum atomic E-state index is -4.71. The minimum absolute atomic E-state index is 0.183. The maximum atomic E-state index is 13.2. The van der Waals surface area contributed by atoms with Crippen LogP contribution in [-0.4, -0.2) is 32.2 Å². The molecule has 0 heterocycles. The van der Waals surface area contributed by atoms with Crippen LogP contribution in [0.3, 0.4) is 0 Å². The summed E-state index contributed by atoms with van der Waals surface area (Å²) in [5, 5.41) is 1.67. The van der Waals surface area contributed by atoms with Crippen molar-refractivity contribution in [2.75, 3.05) is 18.9 Å². The van der Waals surface area contributed by atoms with Crippen LogP contribution in [0.5, 0.6) is 0 Å². The van der Waals surface area contributed by atoms with Gasteiger partial charge in [0.2, 0.25) is 15.9 Å². The second-order valence-corrected chi connectivity index (χ2v) is 8.37. The van der Waals surface area contributed by atoms with Crippen molar-refractivity contribution in [3.8, 4) is 0 Å². The summed E-state index contributed by atoms with van der Waals surface area (Å²) in [6.07, 6.45) is -4.71. The standard InChI is InChI=1S/C17H15ClF4N2O3S/c1-24(28(26,27)10-11-3-2-4-12(19)7-11)9-16(25)23-13-5-6-15(18)14(8-13)17(20,21)22/h2-8H,9-10H2,1H3,(H,23,25). The molecule has 1 amide bonds. The third-order valence-electron chi connectivity index (χ3n) is 3.63. The van der Waals surface area contributed by atoms with Gasteiger partial charge < -0.3 is 5.32 Å². The Bertz CT molecular complexity index is 981. The van der Waals surface area contributed by atoms with E-state index < -0.39 is 50.8 Å². The fourth-order valence-corrected chi connectivity index (χ4v) is 3.63. The normalized spacial score (nSPS) is 12.2. The van der Waals surface area contributed by atoms with Crippen LogP contribution in [0.1, 0.15) is 11.1 Å². The Morgan fingerprint density at radius 3 is 2.46 bits per heavy atom. The number of sulfonamides is 1. The minimum Gasteiger partial charge on any atom is -0.325 e. The monoisotopic (exact) mass is 438 g/mol. The smallest absolute Gasteiger partial charge is 0.325 e. The van der Waals surface area contributed by atoms with Crippen molar-refractivity contribution in [3.63, 3.8) is 0 Å². The van der Waals surface area contributed by atoms with Gasteiger partial charge in [-0.05, 0) is 35.9 Å². The molecule has 11 heteroatoms. The number of halogens is 5. The summed E-state index contributed by atoms with van der Waals surface area (Å²) < 4.78 is 77.1. The van der Waals surface area contributed by atoms with Crippen molar-refractivity contribution in [3.05, 3.63) is 64.4 Å². The van der Waals surface area contributed by atoms with E-state index in [2.05, 4.69) is 5.32 Å². The van der Waals surface area contributed by atoms with Gasteiger partial charge in [-0.15, -0.1) is 0 Å². The van der Waals surface area contributed by atoms with Gasteiger partial charge >= 0.3 is 6.18 Å². The number of anilines is 1. The van der Waals surface area contributed by atoms with Gasteiger partial charge in [-0.25, -0.2) is 12.8 Å². The first-order valence-corrected chi connectivity index (χ1v) is 9.72. The third-order valence-corrected chi connectivity index (χ3v) is 5.74. The van der Waals surface area contributed by atoms with Gasteiger partial charge in [0.1, 0.15) is 5.82 Å². The molecule has 0 fully saturated rings. The lowest BCUT2D eigenvalue weighted by Crippen LogP contribution is -2.35. The van der Waals surface area contributed by atoms with Crippen LogP contribution >= 0.6 is 11.6 Å². The number of amides is 1. The van der Waals surface area contributed by atoms with Crippen molar-refractivity contribution in [2.45, 2.75) is 11.9 Å². The Morgan fingerprint density at radius 2 is 1.86 bits per heavy atom. The molecule has 0 bridgehead atoms. The zero-order chi connectivity index (χ0) is 21.1. The van der Waals surface area contributed by atoms with Gasteiger partial charge in [0.05, 0.1) is 22.9 Å². The molecule has 0 aromatic heterocycles. The highest BCUT2D eigenvalue weighted by Crippen LogP contribution is 2.36. The summed E-state index contributed by atoms with van der Waals surface area (Å²) in [5.41, 5.74) is -1.11. The van der Waals surface area contributed by atoms with Gasteiger partial charge in [-0.1, -0.05) is 23.7 Å². The van der Waals surface area contributed by atoms with Gasteiger partial charge in [-0.2, -0.15) is 17.5 Å². The maximum absolute atomic E-state index is 13.2. The molecular weight excluding hydrogens is 424 g/mol. The molecule has 28 heavy (non-hydrogen) atoms. The van der Waals surface area contributed by atoms with E-state index in [1.54, 1.807) is 0 Å². The molecule has 5 nitrogen and oxygen atoms in total. The molecular formula is C17H15ClF4N2O3S. The van der Waals surface area contributed by atoms with Gasteiger partial charge in [0.15, 0.2) is 0 Å². The summed E-state index contributed by atoms with van der Waals surface area (Å²) in [6.45, 7) is -0.637. The first kappa shape index (κ1) is 22.1. The lowest BCUT2D eigenvalue weighted by molar-refractivity contribution is -0.137. The Labute approximate surface area is 164 Å². The molecule has 0 unspecified atom stereocenters. The zero-order valence-corrected chi connectivity index (χ0v) is 16.0. The lowest BCUT2D eigenvalue weighted by Gasteiger charge is -2.17. The number of likely N-dealkylation sites (N-methyl/N-ethyl adjacent to an activating group) is 1. The number of carbonyl (C=O) groups is 1. The van der Waals surface area contributed by atoms with Crippen molar-refractivity contribution >= 4 is 33.2 Å². The van der Waals surface area contributed by atoms with E-state index in [0.717, 1.165) is 35.6 Å². The fourth-order valence-electron chi connectivity index (χ4n) is 2.27. The van der Waals surface area contributed by atoms with Crippen molar-refractivity contribution in [1.29, 1.82) is 0 Å². The predicted octanol–water partition coefficient (Wildman–Crippen LogP) is 3.90. The summed E-state index contributed by atoms with van der Waals surface area (Å²) in [4.78, 5) is 12.0. The molecule has 1 N–H and O–H groups in total. The van der Waals surface area contributed by atoms with Crippen molar-refractivity contribution in [2.24, 2.45) is 0 Å². The molecule has 0 atom stereocenters. The molecule has 0 saturated carbocycles. The molecule has 0 radical (unpaired) electrons. The van der Waals surface area contributed by atoms with Crippen molar-refractivity contribution < 1.29 is 30.8 Å². The first-order chi connectivity index (χ1) is 12.9. The van der Waals surface area contributed by atoms with E-state index in [0.29, 0.717) is 6.07 Å². The number of alkyl halides is 3. The average Bonchev–Trinajstić information content (AvgIpc) is 2.55. The predicted molar refractivity (Wildman–Crippen MR) is 96.7 cm³/mol. The Morgan fingerprint density at radius 1 is 1.18 bits per heavy atom.